The number of hydrogen-bond donors (Lipinski definition) is 4. The van der Waals surface area contributed by atoms with Gasteiger partial charge in [-0.3, -0.25) is 10.1 Å². The first-order chi connectivity index (χ1) is 17.2. The molecule has 1 aromatic carbocycles. The highest BCUT2D eigenvalue weighted by molar-refractivity contribution is 5.84. The first-order valence-electron chi connectivity index (χ1n) is 12.5. The Kier molecular flexibility index (Phi) is 7.70. The molecule has 9 heteroatoms. The lowest BCUT2D eigenvalue weighted by molar-refractivity contribution is -0.185. The molecular formula is C27H35FN2O6. The number of halogens is 1. The molecule has 2 aliphatic rings. The van der Waals surface area contributed by atoms with Crippen LogP contribution in [0.3, 0.4) is 0 Å². The SMILES string of the molecule is CC1(CO)C(OC(=O)Nc2cccc(F)c2)CCC2(C)C(CC(=O)NCc3ccco3)C(O)CCC12. The van der Waals surface area contributed by atoms with Gasteiger partial charge in [0.1, 0.15) is 17.7 Å². The number of amides is 2. The van der Waals surface area contributed by atoms with Gasteiger partial charge >= 0.3 is 6.09 Å². The summed E-state index contributed by atoms with van der Waals surface area (Å²) in [7, 11) is 0. The van der Waals surface area contributed by atoms with Crippen molar-refractivity contribution in [3.63, 3.8) is 0 Å². The number of aliphatic hydroxyl groups excluding tert-OH is 2. The summed E-state index contributed by atoms with van der Waals surface area (Å²) in [6, 6.07) is 9.09. The molecule has 6 atom stereocenters. The Morgan fingerprint density at radius 1 is 1.19 bits per heavy atom. The molecule has 2 fully saturated rings. The molecule has 0 aliphatic heterocycles. The van der Waals surface area contributed by atoms with E-state index in [4.69, 9.17) is 9.15 Å². The molecule has 1 heterocycles. The van der Waals surface area contributed by atoms with E-state index in [-0.39, 0.29) is 43.0 Å². The normalized spacial score (nSPS) is 31.8. The highest BCUT2D eigenvalue weighted by Gasteiger charge is 2.60. The van der Waals surface area contributed by atoms with Crippen molar-refractivity contribution in [1.82, 2.24) is 5.32 Å². The van der Waals surface area contributed by atoms with E-state index in [9.17, 15) is 24.2 Å². The lowest BCUT2D eigenvalue weighted by Gasteiger charge is -2.60. The Morgan fingerprint density at radius 2 is 2.00 bits per heavy atom. The molecule has 196 valence electrons. The fraction of sp³-hybridized carbons (Fsp3) is 0.556. The third kappa shape index (κ3) is 5.27. The molecule has 2 amide bonds. The van der Waals surface area contributed by atoms with Gasteiger partial charge in [-0.2, -0.15) is 0 Å². The van der Waals surface area contributed by atoms with Crippen molar-refractivity contribution >= 4 is 17.7 Å². The number of nitrogens with one attached hydrogen (secondary N) is 2. The van der Waals surface area contributed by atoms with Crippen molar-refractivity contribution in [2.24, 2.45) is 22.7 Å². The summed E-state index contributed by atoms with van der Waals surface area (Å²) in [5, 5.41) is 26.9. The van der Waals surface area contributed by atoms with Crippen molar-refractivity contribution in [2.75, 3.05) is 11.9 Å². The molecule has 0 saturated heterocycles. The van der Waals surface area contributed by atoms with Crippen LogP contribution in [0.1, 0.15) is 51.7 Å². The van der Waals surface area contributed by atoms with Crippen molar-refractivity contribution < 1.29 is 33.3 Å². The van der Waals surface area contributed by atoms with Gasteiger partial charge in [-0.15, -0.1) is 0 Å². The quantitative estimate of drug-likeness (QED) is 0.450. The Hall–Kier alpha value is -2.91. The minimum Gasteiger partial charge on any atom is -0.467 e. The summed E-state index contributed by atoms with van der Waals surface area (Å²) < 4.78 is 24.5. The lowest BCUT2D eigenvalue weighted by Crippen LogP contribution is -2.61. The summed E-state index contributed by atoms with van der Waals surface area (Å²) in [6.07, 6.45) is 2.01. The van der Waals surface area contributed by atoms with Crippen molar-refractivity contribution in [3.05, 3.63) is 54.2 Å². The van der Waals surface area contributed by atoms with Crippen LogP contribution in [0.15, 0.2) is 47.1 Å². The molecule has 2 saturated carbocycles. The van der Waals surface area contributed by atoms with E-state index >= 15 is 0 Å². The predicted molar refractivity (Wildman–Crippen MR) is 130 cm³/mol. The van der Waals surface area contributed by atoms with Crippen LogP contribution >= 0.6 is 0 Å². The second-order valence-corrected chi connectivity index (χ2v) is 10.6. The van der Waals surface area contributed by atoms with Gasteiger partial charge in [-0.25, -0.2) is 9.18 Å². The number of furan rings is 1. The number of ether oxygens (including phenoxy) is 1. The van der Waals surface area contributed by atoms with Gasteiger partial charge < -0.3 is 24.7 Å². The molecule has 0 spiro atoms. The third-order valence-corrected chi connectivity index (χ3v) is 8.44. The molecule has 8 nitrogen and oxygen atoms in total. The standard InChI is InChI=1S/C27H35FN2O6/c1-26-11-10-23(36-25(34)30-18-6-3-5-17(28)13-18)27(2,16-31)22(26)9-8-21(32)20(26)14-24(33)29-15-19-7-4-12-35-19/h3-7,12-13,20-23,31-32H,8-11,14-16H2,1-2H3,(H,29,33)(H,30,34). The van der Waals surface area contributed by atoms with Gasteiger partial charge in [0.25, 0.3) is 0 Å². The van der Waals surface area contributed by atoms with E-state index in [0.717, 1.165) is 0 Å². The Labute approximate surface area is 210 Å². The van der Waals surface area contributed by atoms with Crippen molar-refractivity contribution in [2.45, 2.75) is 64.7 Å². The van der Waals surface area contributed by atoms with Gasteiger partial charge in [0.05, 0.1) is 25.5 Å². The number of carbonyl (C=O) groups excluding carboxylic acids is 2. The Bertz CT molecular complexity index is 1060. The Morgan fingerprint density at radius 3 is 2.69 bits per heavy atom. The number of hydrogen-bond acceptors (Lipinski definition) is 6. The van der Waals surface area contributed by atoms with E-state index in [0.29, 0.717) is 31.4 Å². The second-order valence-electron chi connectivity index (χ2n) is 10.6. The molecule has 4 N–H and O–H groups in total. The summed E-state index contributed by atoms with van der Waals surface area (Å²) in [5.41, 5.74) is -0.918. The van der Waals surface area contributed by atoms with Crippen LogP contribution in [0.25, 0.3) is 0 Å². The topological polar surface area (TPSA) is 121 Å². The van der Waals surface area contributed by atoms with Crippen molar-refractivity contribution in [3.8, 4) is 0 Å². The number of fused-ring (bicyclic) bond motifs is 1. The number of benzene rings is 1. The van der Waals surface area contributed by atoms with Crippen molar-refractivity contribution in [1.29, 1.82) is 0 Å². The fourth-order valence-electron chi connectivity index (χ4n) is 6.49. The van der Waals surface area contributed by atoms with Crippen LogP contribution in [-0.4, -0.2) is 41.0 Å². The second kappa shape index (κ2) is 10.6. The van der Waals surface area contributed by atoms with Crippen LogP contribution in [0.2, 0.25) is 0 Å². The van der Waals surface area contributed by atoms with E-state index in [2.05, 4.69) is 17.6 Å². The average Bonchev–Trinajstić information content (AvgIpc) is 3.36. The molecule has 36 heavy (non-hydrogen) atoms. The molecule has 0 radical (unpaired) electrons. The summed E-state index contributed by atoms with van der Waals surface area (Å²) in [6.45, 7) is 4.04. The zero-order chi connectivity index (χ0) is 25.9. The minimum atomic E-state index is -0.769. The molecular weight excluding hydrogens is 467 g/mol. The monoisotopic (exact) mass is 502 g/mol. The summed E-state index contributed by atoms with van der Waals surface area (Å²) >= 11 is 0. The highest BCUT2D eigenvalue weighted by atomic mass is 19.1. The van der Waals surface area contributed by atoms with E-state index in [1.54, 1.807) is 24.5 Å². The fourth-order valence-corrected chi connectivity index (χ4v) is 6.49. The number of rotatable bonds is 7. The van der Waals surface area contributed by atoms with Gasteiger partial charge in [0, 0.05) is 17.5 Å². The number of anilines is 1. The maximum Gasteiger partial charge on any atom is 0.411 e. The summed E-state index contributed by atoms with van der Waals surface area (Å²) in [4.78, 5) is 25.4. The predicted octanol–water partition coefficient (Wildman–Crippen LogP) is 4.23. The molecule has 4 rings (SSSR count). The first kappa shape index (κ1) is 26.2. The Balaban J connectivity index is 1.46. The smallest absolute Gasteiger partial charge is 0.411 e. The van der Waals surface area contributed by atoms with Crippen LogP contribution < -0.4 is 10.6 Å². The highest BCUT2D eigenvalue weighted by Crippen LogP contribution is 2.61. The first-order valence-corrected chi connectivity index (χ1v) is 12.5. The molecule has 2 aliphatic carbocycles. The largest absolute Gasteiger partial charge is 0.467 e. The zero-order valence-electron chi connectivity index (χ0n) is 20.7. The van der Waals surface area contributed by atoms with Gasteiger partial charge in [-0.05, 0) is 73.3 Å². The molecule has 0 bridgehead atoms. The molecule has 6 unspecified atom stereocenters. The van der Waals surface area contributed by atoms with Crippen LogP contribution in [-0.2, 0) is 16.1 Å². The van der Waals surface area contributed by atoms with Gasteiger partial charge in [0.2, 0.25) is 5.91 Å². The maximum atomic E-state index is 13.5. The molecule has 2 aromatic rings. The lowest BCUT2D eigenvalue weighted by atomic mass is 9.46. The molecule has 1 aromatic heterocycles. The van der Waals surface area contributed by atoms with E-state index in [1.165, 1.54) is 18.2 Å². The minimum absolute atomic E-state index is 0.0815. The summed E-state index contributed by atoms with van der Waals surface area (Å²) in [5.74, 6) is -0.376. The van der Waals surface area contributed by atoms with Crippen LogP contribution in [0.5, 0.6) is 0 Å². The zero-order valence-corrected chi connectivity index (χ0v) is 20.7. The van der Waals surface area contributed by atoms with Crippen LogP contribution in [0.4, 0.5) is 14.9 Å². The number of aliphatic hydroxyl groups is 2. The average molecular weight is 503 g/mol. The van der Waals surface area contributed by atoms with Gasteiger partial charge in [-0.1, -0.05) is 19.9 Å². The number of carbonyl (C=O) groups is 2. The van der Waals surface area contributed by atoms with E-state index < -0.39 is 34.9 Å². The van der Waals surface area contributed by atoms with E-state index in [1.807, 2.05) is 6.92 Å². The van der Waals surface area contributed by atoms with Gasteiger partial charge in [0.15, 0.2) is 0 Å². The van der Waals surface area contributed by atoms with Crippen LogP contribution in [0, 0.1) is 28.5 Å². The third-order valence-electron chi connectivity index (χ3n) is 8.44. The maximum absolute atomic E-state index is 13.5.